The average molecular weight is 340 g/mol. The number of hydrogen-bond donors (Lipinski definition) is 3. The highest BCUT2D eigenvalue weighted by Crippen LogP contribution is 2.19. The zero-order valence-corrected chi connectivity index (χ0v) is 14.9. The second kappa shape index (κ2) is 8.11. The number of aliphatic imine (C=N–C) groups is 1. The lowest BCUT2D eigenvalue weighted by molar-refractivity contribution is 0.325. The Balaban J connectivity index is 1.96. The molecule has 9 heteroatoms. The van der Waals surface area contributed by atoms with Gasteiger partial charge in [-0.1, -0.05) is 0 Å². The van der Waals surface area contributed by atoms with Crippen LogP contribution in [0.25, 0.3) is 11.0 Å². The van der Waals surface area contributed by atoms with E-state index >= 15 is 0 Å². The van der Waals surface area contributed by atoms with Gasteiger partial charge in [-0.15, -0.1) is 0 Å². The Morgan fingerprint density at radius 2 is 2.28 bits per heavy atom. The van der Waals surface area contributed by atoms with Gasteiger partial charge in [-0.05, 0) is 43.5 Å². The van der Waals surface area contributed by atoms with Crippen LogP contribution in [-0.2, 0) is 6.54 Å². The van der Waals surface area contributed by atoms with E-state index in [4.69, 9.17) is 10.8 Å². The van der Waals surface area contributed by atoms with E-state index in [1.165, 1.54) is 6.33 Å². The third kappa shape index (κ3) is 3.98. The molecule has 8 nitrogen and oxygen atoms in total. The van der Waals surface area contributed by atoms with Crippen LogP contribution in [0.2, 0.25) is 0 Å². The first-order valence-corrected chi connectivity index (χ1v) is 8.68. The molecule has 3 heterocycles. The lowest BCUT2D eigenvalue weighted by atomic mass is 9.66. The maximum atomic E-state index is 6.14. The summed E-state index contributed by atoms with van der Waals surface area (Å²) in [4.78, 5) is 12.7. The van der Waals surface area contributed by atoms with Gasteiger partial charge in [0.05, 0.1) is 5.39 Å². The van der Waals surface area contributed by atoms with Crippen molar-refractivity contribution >= 4 is 35.9 Å². The molecule has 1 saturated heterocycles. The van der Waals surface area contributed by atoms with Gasteiger partial charge in [0.15, 0.2) is 5.65 Å². The van der Waals surface area contributed by atoms with Gasteiger partial charge in [0.25, 0.3) is 0 Å². The summed E-state index contributed by atoms with van der Waals surface area (Å²) < 4.78 is 2.00. The fourth-order valence-corrected chi connectivity index (χ4v) is 3.34. The van der Waals surface area contributed by atoms with Gasteiger partial charge >= 0.3 is 0 Å². The number of fused-ring (bicyclic) bond motifs is 1. The fourth-order valence-electron chi connectivity index (χ4n) is 3.34. The summed E-state index contributed by atoms with van der Waals surface area (Å²) in [5, 5.41) is 12.1. The Morgan fingerprint density at radius 1 is 1.48 bits per heavy atom. The van der Waals surface area contributed by atoms with Gasteiger partial charge in [-0.2, -0.15) is 5.10 Å². The molecule has 0 saturated carbocycles. The van der Waals surface area contributed by atoms with Crippen LogP contribution in [0.1, 0.15) is 12.8 Å². The molecular formula is C16H25BN8. The summed E-state index contributed by atoms with van der Waals surface area (Å²) in [5.74, 6) is 1.09. The summed E-state index contributed by atoms with van der Waals surface area (Å²) in [7, 11) is 4.26. The van der Waals surface area contributed by atoms with Gasteiger partial charge in [-0.25, -0.2) is 14.6 Å². The molecule has 1 fully saturated rings. The highest BCUT2D eigenvalue weighted by atomic mass is 15.3. The fraction of sp³-hybridized carbons (Fsp3) is 0.500. The van der Waals surface area contributed by atoms with Crippen molar-refractivity contribution in [2.24, 2.45) is 10.9 Å². The molecule has 0 atom stereocenters. The predicted octanol–water partition coefficient (Wildman–Crippen LogP) is -0.769. The van der Waals surface area contributed by atoms with Gasteiger partial charge in [0.1, 0.15) is 12.1 Å². The van der Waals surface area contributed by atoms with Gasteiger partial charge in [0.2, 0.25) is 7.28 Å². The minimum Gasteiger partial charge on any atom is -0.394 e. The van der Waals surface area contributed by atoms with Crippen molar-refractivity contribution in [1.82, 2.24) is 30.4 Å². The highest BCUT2D eigenvalue weighted by Gasteiger charge is 2.20. The Morgan fingerprint density at radius 3 is 3.00 bits per heavy atom. The molecule has 132 valence electrons. The minimum absolute atomic E-state index is 0.480. The number of anilines is 1. The summed E-state index contributed by atoms with van der Waals surface area (Å²) in [6.45, 7) is 2.99. The van der Waals surface area contributed by atoms with Crippen molar-refractivity contribution < 1.29 is 0 Å². The standard InChI is InChI=1S/C16H25BN8/c1-19-7-12(8-20-2)17-14-13-15(18)22-10-23-16(13)25(24-14)9-11-3-5-21-6-4-11/h7-8,10-11,17,19,21H,3-6,9H2,1-2H3,(H2,18,22,23)/b12-7+,20-8-. The molecule has 1 aliphatic heterocycles. The molecule has 3 rings (SSSR count). The van der Waals surface area contributed by atoms with Crippen LogP contribution >= 0.6 is 0 Å². The van der Waals surface area contributed by atoms with Crippen LogP contribution in [0.3, 0.4) is 0 Å². The molecule has 2 aromatic heterocycles. The van der Waals surface area contributed by atoms with Crippen LogP contribution < -0.4 is 22.0 Å². The largest absolute Gasteiger partial charge is 0.394 e. The van der Waals surface area contributed by atoms with Crippen molar-refractivity contribution in [2.45, 2.75) is 19.4 Å². The van der Waals surface area contributed by atoms with Gasteiger partial charge in [0, 0.05) is 32.4 Å². The summed E-state index contributed by atoms with van der Waals surface area (Å²) in [6, 6.07) is 0. The molecular weight excluding hydrogens is 315 g/mol. The van der Waals surface area contributed by atoms with Crippen molar-refractivity contribution in [3.63, 3.8) is 0 Å². The number of nitrogens with one attached hydrogen (secondary N) is 2. The van der Waals surface area contributed by atoms with E-state index in [0.717, 1.165) is 54.6 Å². The molecule has 0 aliphatic carbocycles. The van der Waals surface area contributed by atoms with Crippen LogP contribution in [0.4, 0.5) is 5.82 Å². The number of piperidine rings is 1. The van der Waals surface area contributed by atoms with Crippen molar-refractivity contribution in [3.8, 4) is 0 Å². The SMILES string of the molecule is C/N=C\C(Bc1nn(CC2CCNCC2)c2ncnc(N)c12)=C/NC. The number of nitrogens with zero attached hydrogens (tertiary/aromatic N) is 5. The zero-order chi connectivity index (χ0) is 17.6. The zero-order valence-electron chi connectivity index (χ0n) is 14.9. The third-order valence-electron chi connectivity index (χ3n) is 4.52. The van der Waals surface area contributed by atoms with E-state index in [2.05, 4.69) is 25.6 Å². The van der Waals surface area contributed by atoms with Gasteiger partial charge in [-0.3, -0.25) is 4.99 Å². The first kappa shape index (κ1) is 17.4. The summed E-state index contributed by atoms with van der Waals surface area (Å²) in [5.41, 5.74) is 8.88. The van der Waals surface area contributed by atoms with Crippen LogP contribution in [0, 0.1) is 5.92 Å². The van der Waals surface area contributed by atoms with E-state index in [-0.39, 0.29) is 0 Å². The molecule has 25 heavy (non-hydrogen) atoms. The van der Waals surface area contributed by atoms with Gasteiger partial charge < -0.3 is 16.4 Å². The first-order valence-electron chi connectivity index (χ1n) is 8.68. The Hall–Kier alpha value is -2.42. The number of allylic oxidation sites excluding steroid dienone is 1. The maximum absolute atomic E-state index is 6.14. The number of aromatic nitrogens is 4. The summed E-state index contributed by atoms with van der Waals surface area (Å²) >= 11 is 0. The molecule has 0 aromatic carbocycles. The molecule has 0 unspecified atom stereocenters. The van der Waals surface area contributed by atoms with Crippen LogP contribution in [0.5, 0.6) is 0 Å². The van der Waals surface area contributed by atoms with Crippen molar-refractivity contribution in [1.29, 1.82) is 0 Å². The van der Waals surface area contributed by atoms with Crippen molar-refractivity contribution in [2.75, 3.05) is 32.9 Å². The Bertz CT molecular complexity index is 776. The minimum atomic E-state index is 0.480. The van der Waals surface area contributed by atoms with Crippen LogP contribution in [0.15, 0.2) is 23.0 Å². The Kier molecular flexibility index (Phi) is 5.65. The molecule has 1 aliphatic rings. The number of hydrogen-bond acceptors (Lipinski definition) is 7. The summed E-state index contributed by atoms with van der Waals surface area (Å²) in [6.07, 6.45) is 7.58. The molecule has 0 spiro atoms. The monoisotopic (exact) mass is 340 g/mol. The first-order chi connectivity index (χ1) is 12.2. The molecule has 4 N–H and O–H groups in total. The van der Waals surface area contributed by atoms with E-state index in [9.17, 15) is 0 Å². The molecule has 0 amide bonds. The molecule has 0 bridgehead atoms. The Labute approximate surface area is 148 Å². The normalized spacial score (nSPS) is 16.6. The lowest BCUT2D eigenvalue weighted by Gasteiger charge is -2.22. The average Bonchev–Trinajstić information content (AvgIpc) is 2.95. The third-order valence-corrected chi connectivity index (χ3v) is 4.52. The number of nitrogens with two attached hydrogens (primary N) is 1. The van der Waals surface area contributed by atoms with E-state index in [0.29, 0.717) is 19.0 Å². The molecule has 2 aromatic rings. The quantitative estimate of drug-likeness (QED) is 0.471. The molecule has 0 radical (unpaired) electrons. The predicted molar refractivity (Wildman–Crippen MR) is 104 cm³/mol. The van der Waals surface area contributed by atoms with E-state index in [1.807, 2.05) is 24.1 Å². The maximum Gasteiger partial charge on any atom is 0.223 e. The van der Waals surface area contributed by atoms with Crippen LogP contribution in [-0.4, -0.2) is 60.4 Å². The van der Waals surface area contributed by atoms with Crippen molar-refractivity contribution in [3.05, 3.63) is 18.0 Å². The second-order valence-corrected chi connectivity index (χ2v) is 6.35. The lowest BCUT2D eigenvalue weighted by Crippen LogP contribution is -2.30. The smallest absolute Gasteiger partial charge is 0.223 e. The second-order valence-electron chi connectivity index (χ2n) is 6.35. The van der Waals surface area contributed by atoms with E-state index in [1.54, 1.807) is 7.05 Å². The number of nitrogen functional groups attached to an aromatic ring is 1. The van der Waals surface area contributed by atoms with E-state index < -0.39 is 0 Å². The number of rotatable bonds is 6. The topological polar surface area (TPSA) is 106 Å². The highest BCUT2D eigenvalue weighted by molar-refractivity contribution is 6.67.